The quantitative estimate of drug-likeness (QED) is 0.319. The molecule has 1 aromatic rings. The first-order valence-corrected chi connectivity index (χ1v) is 17.6. The van der Waals surface area contributed by atoms with Crippen LogP contribution in [0.4, 0.5) is 0 Å². The van der Waals surface area contributed by atoms with E-state index in [0.717, 1.165) is 31.0 Å². The highest BCUT2D eigenvalue weighted by atomic mass is 28.4. The van der Waals surface area contributed by atoms with Gasteiger partial charge in [0.05, 0.1) is 12.2 Å². The largest absolute Gasteiger partial charge is 0.414 e. The zero-order valence-corrected chi connectivity index (χ0v) is 22.5. The van der Waals surface area contributed by atoms with Crippen molar-refractivity contribution in [3.63, 3.8) is 0 Å². The molecule has 1 rings (SSSR count). The van der Waals surface area contributed by atoms with Crippen LogP contribution in [0, 0.1) is 17.4 Å². The average molecular weight is 449 g/mol. The van der Waals surface area contributed by atoms with Crippen molar-refractivity contribution in [3.8, 4) is 11.5 Å². The van der Waals surface area contributed by atoms with E-state index in [9.17, 15) is 5.11 Å². The minimum atomic E-state index is -1.80. The number of hydrogen-bond acceptors (Lipinski definition) is 3. The number of aryl methyl sites for hydroxylation is 1. The number of ether oxygens (including phenoxy) is 1. The molecule has 3 nitrogen and oxygen atoms in total. The molecule has 0 saturated heterocycles. The van der Waals surface area contributed by atoms with Crippen LogP contribution in [0.5, 0.6) is 0 Å². The van der Waals surface area contributed by atoms with Crippen molar-refractivity contribution in [1.29, 1.82) is 0 Å². The molecule has 4 atom stereocenters. The fourth-order valence-electron chi connectivity index (χ4n) is 3.77. The Morgan fingerprint density at radius 3 is 2.03 bits per heavy atom. The standard InChI is InChI=1S/C25H44O3Si2/c1-9-30(10-2,11-3)28-23(18-17-22-15-13-12-14-16-22)21(4)25(26)24(27-5)19-20-29(6,7)8/h12-16,21,23-26H,9-11,17-18H2,1-8H3/t21-,23+,24?,25?/m0/s1. The smallest absolute Gasteiger partial charge is 0.192 e. The van der Waals surface area contributed by atoms with Crippen LogP contribution in [0.3, 0.4) is 0 Å². The van der Waals surface area contributed by atoms with Crippen LogP contribution < -0.4 is 0 Å². The van der Waals surface area contributed by atoms with E-state index in [0.29, 0.717) is 0 Å². The Kier molecular flexibility index (Phi) is 11.6. The summed E-state index contributed by atoms with van der Waals surface area (Å²) in [6, 6.07) is 13.9. The molecule has 1 aromatic carbocycles. The third-order valence-electron chi connectivity index (χ3n) is 6.17. The molecule has 1 N–H and O–H groups in total. The molecule has 0 aliphatic carbocycles. The topological polar surface area (TPSA) is 38.7 Å². The zero-order valence-electron chi connectivity index (χ0n) is 20.5. The van der Waals surface area contributed by atoms with Gasteiger partial charge in [0.2, 0.25) is 0 Å². The Bertz CT molecular complexity index is 648. The Morgan fingerprint density at radius 2 is 1.57 bits per heavy atom. The predicted molar refractivity (Wildman–Crippen MR) is 134 cm³/mol. The Hall–Kier alpha value is -0.906. The van der Waals surface area contributed by atoms with Crippen molar-refractivity contribution in [2.45, 2.75) is 96.6 Å². The molecule has 0 aliphatic heterocycles. The molecule has 0 spiro atoms. The molecule has 0 aromatic heterocycles. The summed E-state index contributed by atoms with van der Waals surface area (Å²) >= 11 is 0. The molecule has 30 heavy (non-hydrogen) atoms. The fraction of sp³-hybridized carbons (Fsp3) is 0.680. The molecular weight excluding hydrogens is 404 g/mol. The first-order chi connectivity index (χ1) is 14.1. The van der Waals surface area contributed by atoms with Gasteiger partial charge >= 0.3 is 0 Å². The van der Waals surface area contributed by atoms with Gasteiger partial charge in [-0.15, -0.1) is 5.54 Å². The maximum absolute atomic E-state index is 11.2. The van der Waals surface area contributed by atoms with Gasteiger partial charge in [-0.3, -0.25) is 0 Å². The van der Waals surface area contributed by atoms with Gasteiger partial charge in [-0.05, 0) is 36.5 Å². The molecule has 0 radical (unpaired) electrons. The van der Waals surface area contributed by atoms with Crippen LogP contribution >= 0.6 is 0 Å². The van der Waals surface area contributed by atoms with Crippen molar-refractivity contribution >= 4 is 16.4 Å². The number of aliphatic hydroxyl groups is 1. The van der Waals surface area contributed by atoms with E-state index in [4.69, 9.17) is 9.16 Å². The van der Waals surface area contributed by atoms with Crippen molar-refractivity contribution in [3.05, 3.63) is 35.9 Å². The summed E-state index contributed by atoms with van der Waals surface area (Å²) in [4.78, 5) is 0. The Balaban J connectivity index is 3.08. The minimum Gasteiger partial charge on any atom is -0.414 e. The molecule has 2 unspecified atom stereocenters. The van der Waals surface area contributed by atoms with Crippen LogP contribution in [0.15, 0.2) is 30.3 Å². The molecular formula is C25H44O3Si2. The van der Waals surface area contributed by atoms with Crippen LogP contribution in [-0.4, -0.2) is 46.9 Å². The molecule has 0 saturated carbocycles. The van der Waals surface area contributed by atoms with Crippen LogP contribution in [0.2, 0.25) is 37.8 Å². The van der Waals surface area contributed by atoms with Crippen LogP contribution in [0.25, 0.3) is 0 Å². The lowest BCUT2D eigenvalue weighted by atomic mass is 9.90. The van der Waals surface area contributed by atoms with Gasteiger partial charge in [-0.25, -0.2) is 0 Å². The second-order valence-electron chi connectivity index (χ2n) is 9.45. The van der Waals surface area contributed by atoms with Crippen molar-refractivity contribution < 1.29 is 14.3 Å². The Morgan fingerprint density at radius 1 is 1.00 bits per heavy atom. The summed E-state index contributed by atoms with van der Waals surface area (Å²) in [6.45, 7) is 15.5. The lowest BCUT2D eigenvalue weighted by molar-refractivity contribution is -0.0428. The number of methoxy groups -OCH3 is 1. The lowest BCUT2D eigenvalue weighted by Gasteiger charge is -2.38. The van der Waals surface area contributed by atoms with Gasteiger partial charge in [0.15, 0.2) is 8.32 Å². The fourth-order valence-corrected chi connectivity index (χ4v) is 7.32. The third-order valence-corrected chi connectivity index (χ3v) is 11.7. The van der Waals surface area contributed by atoms with Gasteiger partial charge in [-0.1, -0.05) is 83.6 Å². The van der Waals surface area contributed by atoms with Gasteiger partial charge in [0.25, 0.3) is 0 Å². The molecule has 0 heterocycles. The van der Waals surface area contributed by atoms with E-state index in [2.05, 4.69) is 83.1 Å². The number of hydrogen-bond donors (Lipinski definition) is 1. The van der Waals surface area contributed by atoms with Gasteiger partial charge in [0.1, 0.15) is 14.2 Å². The first kappa shape index (κ1) is 27.1. The number of rotatable bonds is 12. The first-order valence-electron chi connectivity index (χ1n) is 11.6. The molecule has 170 valence electrons. The third kappa shape index (κ3) is 8.68. The normalized spacial score (nSPS) is 16.3. The van der Waals surface area contributed by atoms with Crippen molar-refractivity contribution in [2.24, 2.45) is 5.92 Å². The van der Waals surface area contributed by atoms with Crippen LogP contribution in [0.1, 0.15) is 39.7 Å². The predicted octanol–water partition coefficient (Wildman–Crippen LogP) is 5.90. The van der Waals surface area contributed by atoms with E-state index in [1.165, 1.54) is 5.56 Å². The lowest BCUT2D eigenvalue weighted by Crippen LogP contribution is -2.47. The summed E-state index contributed by atoms with van der Waals surface area (Å²) < 4.78 is 12.5. The molecule has 0 amide bonds. The number of benzene rings is 1. The summed E-state index contributed by atoms with van der Waals surface area (Å²) in [5.41, 5.74) is 4.67. The highest BCUT2D eigenvalue weighted by Gasteiger charge is 2.37. The monoisotopic (exact) mass is 448 g/mol. The minimum absolute atomic E-state index is 0.00180. The molecule has 0 aliphatic rings. The van der Waals surface area contributed by atoms with Crippen LogP contribution in [-0.2, 0) is 15.6 Å². The van der Waals surface area contributed by atoms with Gasteiger partial charge in [-0.2, -0.15) is 0 Å². The van der Waals surface area contributed by atoms with E-state index < -0.39 is 28.6 Å². The SMILES string of the molecule is CC[Si](CC)(CC)O[C@H](CCc1ccccc1)[C@H](C)C(O)C(C#C[Si](C)(C)C)OC. The maximum Gasteiger partial charge on any atom is 0.192 e. The Labute approximate surface area is 187 Å². The molecule has 5 heteroatoms. The van der Waals surface area contributed by atoms with Gasteiger partial charge in [0, 0.05) is 13.0 Å². The van der Waals surface area contributed by atoms with E-state index >= 15 is 0 Å². The maximum atomic E-state index is 11.2. The summed E-state index contributed by atoms with van der Waals surface area (Å²) in [5, 5.41) is 11.2. The number of aliphatic hydroxyl groups excluding tert-OH is 1. The van der Waals surface area contributed by atoms with Gasteiger partial charge < -0.3 is 14.3 Å². The zero-order chi connectivity index (χ0) is 22.8. The highest BCUT2D eigenvalue weighted by Crippen LogP contribution is 2.30. The highest BCUT2D eigenvalue weighted by molar-refractivity contribution is 6.83. The molecule has 0 fully saturated rings. The van der Waals surface area contributed by atoms with E-state index in [1.54, 1.807) is 7.11 Å². The molecule has 0 bridgehead atoms. The average Bonchev–Trinajstić information content (AvgIpc) is 2.74. The van der Waals surface area contributed by atoms with E-state index in [1.807, 2.05) is 6.07 Å². The second kappa shape index (κ2) is 12.8. The summed E-state index contributed by atoms with van der Waals surface area (Å²) in [6.07, 6.45) is 0.697. The summed E-state index contributed by atoms with van der Waals surface area (Å²) in [5.74, 6) is 3.17. The summed E-state index contributed by atoms with van der Waals surface area (Å²) in [7, 11) is -1.70. The second-order valence-corrected chi connectivity index (χ2v) is 18.9. The van der Waals surface area contributed by atoms with E-state index in [-0.39, 0.29) is 12.0 Å². The van der Waals surface area contributed by atoms with Crippen molar-refractivity contribution in [1.82, 2.24) is 0 Å². The van der Waals surface area contributed by atoms with Crippen molar-refractivity contribution in [2.75, 3.05) is 7.11 Å².